The molecule has 0 amide bonds. The molecule has 0 bridgehead atoms. The first-order valence-corrected chi connectivity index (χ1v) is 10.8. The Bertz CT molecular complexity index is 368. The Balaban J connectivity index is 2.11. The Kier molecular flexibility index (Phi) is 4.28. The SMILES string of the molecule is C[C@@H]1CC[C@@H]([Si](C)(C)C)N(Cc2ccccc2)C1. The molecule has 0 radical (unpaired) electrons. The van der Waals surface area contributed by atoms with Crippen LogP contribution in [-0.2, 0) is 6.54 Å². The summed E-state index contributed by atoms with van der Waals surface area (Å²) in [6.07, 6.45) is 2.82. The maximum atomic E-state index is 2.76. The van der Waals surface area contributed by atoms with Gasteiger partial charge in [0, 0.05) is 18.8 Å². The number of nitrogens with zero attached hydrogens (tertiary/aromatic N) is 1. The van der Waals surface area contributed by atoms with Gasteiger partial charge in [-0.3, -0.25) is 4.90 Å². The second kappa shape index (κ2) is 5.58. The predicted octanol–water partition coefficient (Wildman–Crippen LogP) is 4.16. The zero-order valence-corrected chi connectivity index (χ0v) is 13.3. The van der Waals surface area contributed by atoms with E-state index in [0.29, 0.717) is 0 Å². The monoisotopic (exact) mass is 261 g/mol. The lowest BCUT2D eigenvalue weighted by molar-refractivity contribution is 0.146. The van der Waals surface area contributed by atoms with Crippen molar-refractivity contribution in [3.63, 3.8) is 0 Å². The third-order valence-corrected chi connectivity index (χ3v) is 6.80. The second-order valence-corrected chi connectivity index (χ2v) is 12.4. The smallest absolute Gasteiger partial charge is 0.0638 e. The average Bonchev–Trinajstić information content (AvgIpc) is 2.28. The van der Waals surface area contributed by atoms with E-state index >= 15 is 0 Å². The third-order valence-electron chi connectivity index (χ3n) is 4.15. The highest BCUT2D eigenvalue weighted by atomic mass is 28.3. The number of benzene rings is 1. The molecular weight excluding hydrogens is 234 g/mol. The molecule has 0 aliphatic carbocycles. The molecule has 2 rings (SSSR count). The first-order valence-electron chi connectivity index (χ1n) is 7.25. The summed E-state index contributed by atoms with van der Waals surface area (Å²) in [7, 11) is -1.08. The number of hydrogen-bond acceptors (Lipinski definition) is 1. The topological polar surface area (TPSA) is 3.24 Å². The van der Waals surface area contributed by atoms with Crippen molar-refractivity contribution in [1.82, 2.24) is 4.90 Å². The van der Waals surface area contributed by atoms with E-state index in [2.05, 4.69) is 61.8 Å². The molecule has 0 aromatic heterocycles. The summed E-state index contributed by atoms with van der Waals surface area (Å²) in [4.78, 5) is 2.76. The molecule has 1 fully saturated rings. The first-order chi connectivity index (χ1) is 8.47. The van der Waals surface area contributed by atoms with Crippen LogP contribution in [-0.4, -0.2) is 25.2 Å². The molecule has 1 saturated heterocycles. The van der Waals surface area contributed by atoms with E-state index in [9.17, 15) is 0 Å². The molecule has 1 aliphatic rings. The number of hydrogen-bond donors (Lipinski definition) is 0. The van der Waals surface area contributed by atoms with Crippen molar-refractivity contribution in [3.8, 4) is 0 Å². The van der Waals surface area contributed by atoms with Gasteiger partial charge in [0.15, 0.2) is 0 Å². The Morgan fingerprint density at radius 3 is 2.39 bits per heavy atom. The molecule has 0 saturated carbocycles. The minimum absolute atomic E-state index is 0.855. The molecule has 2 atom stereocenters. The number of rotatable bonds is 3. The summed E-state index contributed by atoms with van der Waals surface area (Å²) in [5.41, 5.74) is 2.32. The highest BCUT2D eigenvalue weighted by Crippen LogP contribution is 2.29. The van der Waals surface area contributed by atoms with Gasteiger partial charge in [0.2, 0.25) is 0 Å². The van der Waals surface area contributed by atoms with Crippen molar-refractivity contribution in [1.29, 1.82) is 0 Å². The first kappa shape index (κ1) is 13.8. The summed E-state index contributed by atoms with van der Waals surface area (Å²) >= 11 is 0. The van der Waals surface area contributed by atoms with E-state index in [1.165, 1.54) is 24.9 Å². The van der Waals surface area contributed by atoms with Crippen LogP contribution in [0.3, 0.4) is 0 Å². The fraction of sp³-hybridized carbons (Fsp3) is 0.625. The highest BCUT2D eigenvalue weighted by molar-refractivity contribution is 6.77. The van der Waals surface area contributed by atoms with Gasteiger partial charge in [-0.1, -0.05) is 56.9 Å². The summed E-state index contributed by atoms with van der Waals surface area (Å²) in [6, 6.07) is 11.0. The Morgan fingerprint density at radius 1 is 1.11 bits per heavy atom. The number of piperidine rings is 1. The van der Waals surface area contributed by atoms with Gasteiger partial charge in [-0.05, 0) is 24.3 Å². The Morgan fingerprint density at radius 2 is 1.78 bits per heavy atom. The largest absolute Gasteiger partial charge is 0.299 e. The molecule has 1 aliphatic heterocycles. The summed E-state index contributed by atoms with van der Waals surface area (Å²) < 4.78 is 0. The molecule has 0 spiro atoms. The van der Waals surface area contributed by atoms with Gasteiger partial charge in [-0.25, -0.2) is 0 Å². The summed E-state index contributed by atoms with van der Waals surface area (Å²) in [5, 5.41) is 0. The van der Waals surface area contributed by atoms with E-state index in [1.807, 2.05) is 0 Å². The molecule has 1 aromatic carbocycles. The van der Waals surface area contributed by atoms with Gasteiger partial charge < -0.3 is 0 Å². The van der Waals surface area contributed by atoms with Crippen LogP contribution in [0.5, 0.6) is 0 Å². The molecule has 0 unspecified atom stereocenters. The van der Waals surface area contributed by atoms with Crippen molar-refractivity contribution in [2.45, 2.75) is 51.6 Å². The van der Waals surface area contributed by atoms with Crippen LogP contribution in [0.1, 0.15) is 25.3 Å². The zero-order valence-electron chi connectivity index (χ0n) is 12.3. The van der Waals surface area contributed by atoms with Gasteiger partial charge >= 0.3 is 0 Å². The fourth-order valence-corrected chi connectivity index (χ4v) is 5.54. The maximum Gasteiger partial charge on any atom is 0.0638 e. The van der Waals surface area contributed by atoms with Crippen molar-refractivity contribution in [2.24, 2.45) is 5.92 Å². The standard InChI is InChI=1S/C16H27NSi/c1-14-10-11-16(18(2,3)4)17(12-14)13-15-8-6-5-7-9-15/h5-9,14,16H,10-13H2,1-4H3/t14-,16-/m1/s1. The lowest BCUT2D eigenvalue weighted by Crippen LogP contribution is -2.54. The molecule has 1 aromatic rings. The molecule has 100 valence electrons. The van der Waals surface area contributed by atoms with Crippen LogP contribution in [0.4, 0.5) is 0 Å². The lowest BCUT2D eigenvalue weighted by Gasteiger charge is -2.44. The zero-order chi connectivity index (χ0) is 13.2. The molecule has 1 heterocycles. The normalized spacial score (nSPS) is 26.2. The average molecular weight is 261 g/mol. The lowest BCUT2D eigenvalue weighted by atomic mass is 9.99. The van der Waals surface area contributed by atoms with Crippen LogP contribution in [0, 0.1) is 5.92 Å². The second-order valence-electron chi connectivity index (χ2n) is 6.98. The van der Waals surface area contributed by atoms with Crippen LogP contribution < -0.4 is 0 Å². The van der Waals surface area contributed by atoms with E-state index in [1.54, 1.807) is 0 Å². The van der Waals surface area contributed by atoms with Crippen LogP contribution in [0.25, 0.3) is 0 Å². The van der Waals surface area contributed by atoms with Crippen LogP contribution in [0.2, 0.25) is 19.6 Å². The highest BCUT2D eigenvalue weighted by Gasteiger charge is 2.35. The van der Waals surface area contributed by atoms with Crippen molar-refractivity contribution < 1.29 is 0 Å². The fourth-order valence-electron chi connectivity index (χ4n) is 3.22. The van der Waals surface area contributed by atoms with Crippen molar-refractivity contribution >= 4 is 8.07 Å². The van der Waals surface area contributed by atoms with Gasteiger partial charge in [-0.2, -0.15) is 0 Å². The number of likely N-dealkylation sites (tertiary alicyclic amines) is 1. The third kappa shape index (κ3) is 3.45. The van der Waals surface area contributed by atoms with E-state index in [4.69, 9.17) is 0 Å². The van der Waals surface area contributed by atoms with Crippen LogP contribution in [0.15, 0.2) is 30.3 Å². The molecular formula is C16H27NSi. The maximum absolute atomic E-state index is 2.76. The van der Waals surface area contributed by atoms with E-state index < -0.39 is 8.07 Å². The minimum atomic E-state index is -1.08. The van der Waals surface area contributed by atoms with Crippen molar-refractivity contribution in [2.75, 3.05) is 6.54 Å². The molecule has 18 heavy (non-hydrogen) atoms. The predicted molar refractivity (Wildman–Crippen MR) is 82.4 cm³/mol. The molecule has 2 heteroatoms. The van der Waals surface area contributed by atoms with Crippen molar-refractivity contribution in [3.05, 3.63) is 35.9 Å². The quantitative estimate of drug-likeness (QED) is 0.738. The van der Waals surface area contributed by atoms with Gasteiger partial charge in [-0.15, -0.1) is 0 Å². The minimum Gasteiger partial charge on any atom is -0.299 e. The summed E-state index contributed by atoms with van der Waals surface area (Å²) in [5.74, 6) is 0.862. The van der Waals surface area contributed by atoms with Crippen LogP contribution >= 0.6 is 0 Å². The van der Waals surface area contributed by atoms with Gasteiger partial charge in [0.25, 0.3) is 0 Å². The van der Waals surface area contributed by atoms with Gasteiger partial charge in [0.05, 0.1) is 8.07 Å². The molecule has 1 nitrogen and oxygen atoms in total. The molecule has 0 N–H and O–H groups in total. The Hall–Kier alpha value is -0.603. The Labute approximate surface area is 113 Å². The van der Waals surface area contributed by atoms with Gasteiger partial charge in [0.1, 0.15) is 0 Å². The van der Waals surface area contributed by atoms with E-state index in [-0.39, 0.29) is 0 Å². The summed E-state index contributed by atoms with van der Waals surface area (Å²) in [6.45, 7) is 12.4. The van der Waals surface area contributed by atoms with E-state index in [0.717, 1.165) is 18.1 Å².